The molecule has 2 rings (SSSR count). The molecule has 1 atom stereocenters. The fourth-order valence-electron chi connectivity index (χ4n) is 1.89. The van der Waals surface area contributed by atoms with Gasteiger partial charge in [-0.25, -0.2) is 0 Å². The quantitative estimate of drug-likeness (QED) is 0.543. The van der Waals surface area contributed by atoms with Crippen LogP contribution < -0.4 is 5.73 Å². The normalized spacial score (nSPS) is 29.4. The van der Waals surface area contributed by atoms with E-state index in [2.05, 4.69) is 16.8 Å². The van der Waals surface area contributed by atoms with E-state index in [1.54, 1.807) is 0 Å². The van der Waals surface area contributed by atoms with Gasteiger partial charge in [0.05, 0.1) is 25.1 Å². The number of hydrogen-bond donors (Lipinski definition) is 1. The van der Waals surface area contributed by atoms with Crippen molar-refractivity contribution in [3.8, 4) is 0 Å². The summed E-state index contributed by atoms with van der Waals surface area (Å²) in [6.07, 6.45) is 2.69. The molecule has 0 aromatic carbocycles. The lowest BCUT2D eigenvalue weighted by atomic mass is 10.2. The van der Waals surface area contributed by atoms with Gasteiger partial charge < -0.3 is 10.5 Å². The van der Waals surface area contributed by atoms with Crippen molar-refractivity contribution in [1.82, 2.24) is 4.90 Å². The third kappa shape index (κ3) is 3.18. The molecule has 1 aliphatic carbocycles. The highest BCUT2D eigenvalue weighted by atomic mass is 16.5. The van der Waals surface area contributed by atoms with Crippen LogP contribution in [0.4, 0.5) is 0 Å². The first kappa shape index (κ1) is 10.9. The van der Waals surface area contributed by atoms with Crippen LogP contribution in [0, 0.1) is 5.92 Å². The molecule has 86 valence electrons. The highest BCUT2D eigenvalue weighted by molar-refractivity contribution is 5.84. The molecule has 2 aliphatic rings. The third-order valence-corrected chi connectivity index (χ3v) is 3.14. The summed E-state index contributed by atoms with van der Waals surface area (Å²) in [5, 5.41) is 0. The van der Waals surface area contributed by atoms with Crippen LogP contribution in [0.3, 0.4) is 0 Å². The van der Waals surface area contributed by atoms with Gasteiger partial charge in [0.25, 0.3) is 0 Å². The van der Waals surface area contributed by atoms with Crippen LogP contribution in [-0.2, 0) is 4.74 Å². The molecule has 2 fully saturated rings. The molecular formula is C11H21N3O. The maximum atomic E-state index is 5.84. The number of likely N-dealkylation sites (N-methyl/N-ethyl adjacent to an activating group) is 1. The van der Waals surface area contributed by atoms with Crippen LogP contribution in [0.1, 0.15) is 19.8 Å². The van der Waals surface area contributed by atoms with Crippen LogP contribution in [0.15, 0.2) is 4.99 Å². The molecule has 1 saturated carbocycles. The lowest BCUT2D eigenvalue weighted by Gasteiger charge is -2.31. The molecule has 1 heterocycles. The molecule has 0 radical (unpaired) electrons. The van der Waals surface area contributed by atoms with Crippen molar-refractivity contribution in [2.75, 3.05) is 32.8 Å². The SMILES string of the molecule is CCN1CCOC(CN=C(N)C2CC2)C1. The minimum Gasteiger partial charge on any atom is -0.387 e. The van der Waals surface area contributed by atoms with Crippen LogP contribution in [0.25, 0.3) is 0 Å². The van der Waals surface area contributed by atoms with Crippen LogP contribution >= 0.6 is 0 Å². The molecule has 0 spiro atoms. The van der Waals surface area contributed by atoms with E-state index in [0.29, 0.717) is 5.92 Å². The van der Waals surface area contributed by atoms with E-state index in [1.807, 2.05) is 0 Å². The zero-order chi connectivity index (χ0) is 10.7. The standard InChI is InChI=1S/C11H21N3O/c1-2-14-5-6-15-10(8-14)7-13-11(12)9-3-4-9/h9-10H,2-8H2,1H3,(H2,12,13). The molecule has 2 N–H and O–H groups in total. The Labute approximate surface area is 91.5 Å². The summed E-state index contributed by atoms with van der Waals surface area (Å²) in [5.41, 5.74) is 5.84. The number of morpholine rings is 1. The molecule has 0 bridgehead atoms. The number of ether oxygens (including phenoxy) is 1. The lowest BCUT2D eigenvalue weighted by Crippen LogP contribution is -2.43. The van der Waals surface area contributed by atoms with Crippen molar-refractivity contribution < 1.29 is 4.74 Å². The molecule has 0 aromatic heterocycles. The number of nitrogens with two attached hydrogens (primary N) is 1. The summed E-state index contributed by atoms with van der Waals surface area (Å²) in [6.45, 7) is 6.90. The van der Waals surface area contributed by atoms with Crippen molar-refractivity contribution in [2.24, 2.45) is 16.6 Å². The lowest BCUT2D eigenvalue weighted by molar-refractivity contribution is -0.0210. The average molecular weight is 211 g/mol. The van der Waals surface area contributed by atoms with Crippen LogP contribution in [-0.4, -0.2) is 49.6 Å². The van der Waals surface area contributed by atoms with Gasteiger partial charge in [0.2, 0.25) is 0 Å². The number of amidine groups is 1. The number of aliphatic imine (C=N–C) groups is 1. The Bertz CT molecular complexity index is 238. The Morgan fingerprint density at radius 1 is 1.53 bits per heavy atom. The zero-order valence-corrected chi connectivity index (χ0v) is 9.48. The molecule has 15 heavy (non-hydrogen) atoms. The van der Waals surface area contributed by atoms with Crippen LogP contribution in [0.2, 0.25) is 0 Å². The van der Waals surface area contributed by atoms with E-state index < -0.39 is 0 Å². The van der Waals surface area contributed by atoms with Gasteiger partial charge in [-0.1, -0.05) is 6.92 Å². The number of nitrogens with zero attached hydrogens (tertiary/aromatic N) is 2. The van der Waals surface area contributed by atoms with Gasteiger partial charge >= 0.3 is 0 Å². The predicted molar refractivity (Wildman–Crippen MR) is 61.1 cm³/mol. The summed E-state index contributed by atoms with van der Waals surface area (Å²) >= 11 is 0. The largest absolute Gasteiger partial charge is 0.387 e. The van der Waals surface area contributed by atoms with Crippen molar-refractivity contribution in [3.05, 3.63) is 0 Å². The summed E-state index contributed by atoms with van der Waals surface area (Å²) in [6, 6.07) is 0. The molecular weight excluding hydrogens is 190 g/mol. The predicted octanol–water partition coefficient (Wildman–Crippen LogP) is 0.474. The van der Waals surface area contributed by atoms with Crippen molar-refractivity contribution >= 4 is 5.84 Å². The fourth-order valence-corrected chi connectivity index (χ4v) is 1.89. The van der Waals surface area contributed by atoms with Gasteiger partial charge in [0, 0.05) is 19.0 Å². The first-order chi connectivity index (χ1) is 7.29. The van der Waals surface area contributed by atoms with Crippen molar-refractivity contribution in [2.45, 2.75) is 25.9 Å². The maximum Gasteiger partial charge on any atom is 0.0969 e. The van der Waals surface area contributed by atoms with E-state index in [9.17, 15) is 0 Å². The Balaban J connectivity index is 1.75. The Morgan fingerprint density at radius 2 is 2.33 bits per heavy atom. The third-order valence-electron chi connectivity index (χ3n) is 3.14. The molecule has 1 unspecified atom stereocenters. The summed E-state index contributed by atoms with van der Waals surface area (Å²) in [5.74, 6) is 1.42. The van der Waals surface area contributed by atoms with Gasteiger partial charge in [0.1, 0.15) is 0 Å². The van der Waals surface area contributed by atoms with Gasteiger partial charge in [-0.2, -0.15) is 0 Å². The number of hydrogen-bond acceptors (Lipinski definition) is 3. The van der Waals surface area contributed by atoms with Gasteiger partial charge in [-0.05, 0) is 19.4 Å². The van der Waals surface area contributed by atoms with Crippen LogP contribution in [0.5, 0.6) is 0 Å². The minimum absolute atomic E-state index is 0.246. The van der Waals surface area contributed by atoms with E-state index >= 15 is 0 Å². The molecule has 0 amide bonds. The second kappa shape index (κ2) is 4.94. The second-order valence-electron chi connectivity index (χ2n) is 4.43. The smallest absolute Gasteiger partial charge is 0.0969 e. The highest BCUT2D eigenvalue weighted by Crippen LogP contribution is 2.28. The van der Waals surface area contributed by atoms with Crippen molar-refractivity contribution in [3.63, 3.8) is 0 Å². The molecule has 4 heteroatoms. The van der Waals surface area contributed by atoms with E-state index in [-0.39, 0.29) is 6.10 Å². The van der Waals surface area contributed by atoms with Gasteiger partial charge in [-0.15, -0.1) is 0 Å². The van der Waals surface area contributed by atoms with E-state index in [4.69, 9.17) is 10.5 Å². The first-order valence-electron chi connectivity index (χ1n) is 5.93. The molecule has 1 aliphatic heterocycles. The van der Waals surface area contributed by atoms with Gasteiger partial charge in [0.15, 0.2) is 0 Å². The summed E-state index contributed by atoms with van der Waals surface area (Å²) < 4.78 is 5.66. The fraction of sp³-hybridized carbons (Fsp3) is 0.909. The molecule has 4 nitrogen and oxygen atoms in total. The van der Waals surface area contributed by atoms with E-state index in [0.717, 1.165) is 38.6 Å². The topological polar surface area (TPSA) is 50.8 Å². The van der Waals surface area contributed by atoms with Crippen molar-refractivity contribution in [1.29, 1.82) is 0 Å². The number of rotatable bonds is 4. The second-order valence-corrected chi connectivity index (χ2v) is 4.43. The van der Waals surface area contributed by atoms with Gasteiger partial charge in [-0.3, -0.25) is 9.89 Å². The summed E-state index contributed by atoms with van der Waals surface area (Å²) in [4.78, 5) is 6.82. The monoisotopic (exact) mass is 211 g/mol. The molecule has 1 saturated heterocycles. The maximum absolute atomic E-state index is 5.84. The van der Waals surface area contributed by atoms with E-state index in [1.165, 1.54) is 12.8 Å². The Hall–Kier alpha value is -0.610. The average Bonchev–Trinajstić information content (AvgIpc) is 3.10. The Morgan fingerprint density at radius 3 is 3.00 bits per heavy atom. The Kier molecular flexibility index (Phi) is 3.59. The molecule has 0 aromatic rings. The zero-order valence-electron chi connectivity index (χ0n) is 9.48. The highest BCUT2D eigenvalue weighted by Gasteiger charge is 2.26. The summed E-state index contributed by atoms with van der Waals surface area (Å²) in [7, 11) is 0. The first-order valence-corrected chi connectivity index (χ1v) is 5.93. The minimum atomic E-state index is 0.246.